The normalized spacial score (nSPS) is 28.3. The number of amides is 1. The van der Waals surface area contributed by atoms with Crippen molar-refractivity contribution in [3.63, 3.8) is 0 Å². The lowest BCUT2D eigenvalue weighted by molar-refractivity contribution is -0.379. The highest BCUT2D eigenvalue weighted by Crippen LogP contribution is 2.33. The number of rotatable bonds is 54. The summed E-state index contributed by atoms with van der Waals surface area (Å²) in [5.74, 6) is -0.280. The highest BCUT2D eigenvalue weighted by atomic mass is 16.8. The minimum Gasteiger partial charge on any atom is -0.394 e. The van der Waals surface area contributed by atoms with E-state index >= 15 is 0 Å². The molecule has 528 valence electrons. The summed E-state index contributed by atoms with van der Waals surface area (Å²) in [5, 5.41) is 121. The quantitative estimate of drug-likeness (QED) is 0.0199. The fraction of sp³-hybridized carbons (Fsp3) is 0.819. The topological polar surface area (TPSA) is 307 Å². The standard InChI is InChI=1S/C72H127NO18/c1-3-5-7-9-11-13-15-17-19-21-23-24-25-26-27-28-29-30-32-34-36-38-40-42-44-46-48-50-60(78)73-55(56(77)49-47-45-43-41-39-37-35-33-31-22-20-18-16-14-12-10-8-6-4-2)54-86-70-66(84)63(81)68(58(52-75)88-70)91-72-67(85)64(82)69(59(53-76)89-72)90-71-65(83)62(80)61(79)57(51-74)87-71/h5,7,11,13,17,19,23-24,26-27,47,49,55-59,61-72,74-77,79-85H,3-4,6,8-10,12,14-16,18,20-22,25,28-46,48,50-54H2,1-2H3,(H,73,78)/b7-5-,13-11-,19-17-,24-23-,27-26-,49-47+. The van der Waals surface area contributed by atoms with Gasteiger partial charge in [0.25, 0.3) is 0 Å². The minimum absolute atomic E-state index is 0.236. The van der Waals surface area contributed by atoms with Crippen LogP contribution >= 0.6 is 0 Å². The molecule has 19 nitrogen and oxygen atoms in total. The van der Waals surface area contributed by atoms with Crippen molar-refractivity contribution >= 4 is 5.91 Å². The molecule has 0 saturated carbocycles. The van der Waals surface area contributed by atoms with Gasteiger partial charge in [0.2, 0.25) is 5.91 Å². The summed E-state index contributed by atoms with van der Waals surface area (Å²) >= 11 is 0. The van der Waals surface area contributed by atoms with E-state index in [1.54, 1.807) is 6.08 Å². The predicted octanol–water partition coefficient (Wildman–Crippen LogP) is 9.72. The summed E-state index contributed by atoms with van der Waals surface area (Å²) in [5.41, 5.74) is 0. The van der Waals surface area contributed by atoms with E-state index in [0.29, 0.717) is 6.42 Å². The Morgan fingerprint density at radius 2 is 0.758 bits per heavy atom. The SMILES string of the molecule is CC/C=C\C/C=C\C/C=C\C/C=C\C/C=C\CCCCCCCCCCCCCC(=O)NC(COC1OC(CO)C(OC2OC(CO)C(OC3OC(CO)C(O)C(O)C3O)C(O)C2O)C(O)C1O)C(O)/C=C/CCCCCCCCCCCCCCCCCCC. The Morgan fingerprint density at radius 3 is 1.19 bits per heavy atom. The maximum Gasteiger partial charge on any atom is 0.220 e. The molecule has 3 rings (SSSR count). The highest BCUT2D eigenvalue weighted by molar-refractivity contribution is 5.76. The van der Waals surface area contributed by atoms with Gasteiger partial charge in [-0.25, -0.2) is 0 Å². The summed E-state index contributed by atoms with van der Waals surface area (Å²) in [6, 6.07) is -0.979. The van der Waals surface area contributed by atoms with Crippen LogP contribution in [0.15, 0.2) is 72.9 Å². The fourth-order valence-corrected chi connectivity index (χ4v) is 11.7. The van der Waals surface area contributed by atoms with E-state index in [1.807, 2.05) is 6.08 Å². The molecular formula is C72H127NO18. The Labute approximate surface area is 547 Å². The monoisotopic (exact) mass is 1290 g/mol. The summed E-state index contributed by atoms with van der Waals surface area (Å²) in [7, 11) is 0. The van der Waals surface area contributed by atoms with Gasteiger partial charge in [0.15, 0.2) is 18.9 Å². The summed E-state index contributed by atoms with van der Waals surface area (Å²) in [4.78, 5) is 13.4. The summed E-state index contributed by atoms with van der Waals surface area (Å²) in [6.07, 6.45) is 40.1. The van der Waals surface area contributed by atoms with Crippen LogP contribution in [0.2, 0.25) is 0 Å². The van der Waals surface area contributed by atoms with Gasteiger partial charge in [-0.05, 0) is 64.2 Å². The Morgan fingerprint density at radius 1 is 0.407 bits per heavy atom. The number of nitrogens with one attached hydrogen (secondary N) is 1. The zero-order chi connectivity index (χ0) is 66.1. The molecule has 3 aliphatic heterocycles. The second-order valence-corrected chi connectivity index (χ2v) is 25.3. The first-order valence-electron chi connectivity index (χ1n) is 35.7. The van der Waals surface area contributed by atoms with Crippen molar-refractivity contribution < 1.29 is 89.4 Å². The van der Waals surface area contributed by atoms with Crippen LogP contribution in [-0.4, -0.2) is 193 Å². The van der Waals surface area contributed by atoms with Crippen LogP contribution in [0.4, 0.5) is 0 Å². The van der Waals surface area contributed by atoms with E-state index in [9.17, 15) is 61.0 Å². The average molecular weight is 1290 g/mol. The third-order valence-electron chi connectivity index (χ3n) is 17.5. The highest BCUT2D eigenvalue weighted by Gasteiger charge is 2.53. The Balaban J connectivity index is 1.43. The Hall–Kier alpha value is -2.77. The molecule has 0 bridgehead atoms. The van der Waals surface area contributed by atoms with E-state index in [0.717, 1.165) is 89.9 Å². The van der Waals surface area contributed by atoms with E-state index in [4.69, 9.17) is 28.4 Å². The third-order valence-corrected chi connectivity index (χ3v) is 17.5. The molecule has 1 amide bonds. The van der Waals surface area contributed by atoms with Gasteiger partial charge < -0.3 is 89.9 Å². The molecule has 0 aromatic heterocycles. The first-order valence-corrected chi connectivity index (χ1v) is 35.7. The molecule has 17 atom stereocenters. The second kappa shape index (κ2) is 53.4. The molecule has 12 N–H and O–H groups in total. The smallest absolute Gasteiger partial charge is 0.220 e. The van der Waals surface area contributed by atoms with Gasteiger partial charge >= 0.3 is 0 Å². The van der Waals surface area contributed by atoms with Crippen molar-refractivity contribution in [1.29, 1.82) is 0 Å². The predicted molar refractivity (Wildman–Crippen MR) is 355 cm³/mol. The van der Waals surface area contributed by atoms with Gasteiger partial charge in [0, 0.05) is 6.42 Å². The number of allylic oxidation sites excluding steroid dienone is 11. The number of ether oxygens (including phenoxy) is 6. The molecule has 0 spiro atoms. The van der Waals surface area contributed by atoms with Gasteiger partial charge in [0.1, 0.15) is 73.2 Å². The lowest BCUT2D eigenvalue weighted by Crippen LogP contribution is -2.66. The van der Waals surface area contributed by atoms with Crippen LogP contribution < -0.4 is 5.32 Å². The summed E-state index contributed by atoms with van der Waals surface area (Å²) in [6.45, 7) is 1.63. The maximum absolute atomic E-state index is 13.4. The lowest BCUT2D eigenvalue weighted by Gasteiger charge is -2.48. The van der Waals surface area contributed by atoms with Gasteiger partial charge in [-0.1, -0.05) is 247 Å². The van der Waals surface area contributed by atoms with Crippen LogP contribution in [0.1, 0.15) is 245 Å². The lowest BCUT2D eigenvalue weighted by atomic mass is 9.96. The molecular weight excluding hydrogens is 1170 g/mol. The van der Waals surface area contributed by atoms with E-state index in [-0.39, 0.29) is 18.9 Å². The molecule has 91 heavy (non-hydrogen) atoms. The van der Waals surface area contributed by atoms with Gasteiger partial charge in [-0.3, -0.25) is 4.79 Å². The minimum atomic E-state index is -1.98. The molecule has 0 aromatic rings. The number of aliphatic hydroxyl groups excluding tert-OH is 11. The largest absolute Gasteiger partial charge is 0.394 e. The van der Waals surface area contributed by atoms with Crippen molar-refractivity contribution in [2.75, 3.05) is 26.4 Å². The van der Waals surface area contributed by atoms with Crippen molar-refractivity contribution in [2.45, 2.75) is 349 Å². The number of aliphatic hydroxyl groups is 11. The van der Waals surface area contributed by atoms with Gasteiger partial charge in [-0.15, -0.1) is 0 Å². The molecule has 3 aliphatic rings. The van der Waals surface area contributed by atoms with Crippen molar-refractivity contribution in [3.8, 4) is 0 Å². The molecule has 3 fully saturated rings. The number of carbonyl (C=O) groups is 1. The number of hydrogen-bond acceptors (Lipinski definition) is 18. The van der Waals surface area contributed by atoms with Crippen molar-refractivity contribution in [2.24, 2.45) is 0 Å². The van der Waals surface area contributed by atoms with E-state index in [2.05, 4.69) is 79.9 Å². The molecule has 3 heterocycles. The zero-order valence-corrected chi connectivity index (χ0v) is 55.8. The summed E-state index contributed by atoms with van der Waals surface area (Å²) < 4.78 is 34.4. The number of hydrogen-bond donors (Lipinski definition) is 12. The van der Waals surface area contributed by atoms with Crippen molar-refractivity contribution in [3.05, 3.63) is 72.9 Å². The Kier molecular flexibility index (Phi) is 48.4. The second-order valence-electron chi connectivity index (χ2n) is 25.3. The zero-order valence-electron chi connectivity index (χ0n) is 55.8. The molecule has 3 saturated heterocycles. The van der Waals surface area contributed by atoms with Crippen LogP contribution in [0.3, 0.4) is 0 Å². The van der Waals surface area contributed by atoms with Crippen molar-refractivity contribution in [1.82, 2.24) is 5.32 Å². The molecule has 0 aliphatic carbocycles. The molecule has 19 heteroatoms. The van der Waals surface area contributed by atoms with Crippen LogP contribution in [0.25, 0.3) is 0 Å². The number of unbranched alkanes of at least 4 members (excludes halogenated alkanes) is 28. The van der Waals surface area contributed by atoms with Crippen LogP contribution in [0, 0.1) is 0 Å². The Bertz CT molecular complexity index is 1930. The van der Waals surface area contributed by atoms with Crippen LogP contribution in [0.5, 0.6) is 0 Å². The first-order chi connectivity index (χ1) is 44.3. The first kappa shape index (κ1) is 82.5. The average Bonchev–Trinajstić information content (AvgIpc) is 0.885. The molecule has 0 radical (unpaired) electrons. The fourth-order valence-electron chi connectivity index (χ4n) is 11.7. The maximum atomic E-state index is 13.4. The third kappa shape index (κ3) is 35.2. The van der Waals surface area contributed by atoms with E-state index < -0.39 is 124 Å². The number of carbonyl (C=O) groups excluding carboxylic acids is 1. The van der Waals surface area contributed by atoms with Gasteiger partial charge in [-0.2, -0.15) is 0 Å². The van der Waals surface area contributed by atoms with E-state index in [1.165, 1.54) is 128 Å². The molecule has 0 aromatic carbocycles. The van der Waals surface area contributed by atoms with Gasteiger partial charge in [0.05, 0.1) is 38.6 Å². The molecule has 17 unspecified atom stereocenters. The van der Waals surface area contributed by atoms with Crippen LogP contribution in [-0.2, 0) is 33.2 Å².